The van der Waals surface area contributed by atoms with Gasteiger partial charge in [-0.25, -0.2) is 18.0 Å². The van der Waals surface area contributed by atoms with Crippen LogP contribution in [0.25, 0.3) is 0 Å². The quantitative estimate of drug-likeness (QED) is 0.797. The van der Waals surface area contributed by atoms with Gasteiger partial charge in [-0.3, -0.25) is 0 Å². The minimum atomic E-state index is -3.34. The van der Waals surface area contributed by atoms with Crippen LogP contribution >= 0.6 is 0 Å². The first kappa shape index (κ1) is 11.6. The van der Waals surface area contributed by atoms with Crippen molar-refractivity contribution >= 4 is 6.09 Å². The number of rotatable bonds is 1. The molecule has 1 atom stereocenters. The van der Waals surface area contributed by atoms with Crippen LogP contribution < -0.4 is 5.32 Å². The molecule has 1 amide bonds. The van der Waals surface area contributed by atoms with E-state index in [0.29, 0.717) is 0 Å². The second-order valence-corrected chi connectivity index (χ2v) is 3.63. The fourth-order valence-corrected chi connectivity index (χ4v) is 1.54. The molecule has 1 fully saturated rings. The lowest BCUT2D eigenvalue weighted by Gasteiger charge is -2.31. The molecular formula is C10H8F3NO3. The first-order valence-electron chi connectivity index (χ1n) is 4.70. The van der Waals surface area contributed by atoms with Crippen LogP contribution in [0.2, 0.25) is 0 Å². The van der Waals surface area contributed by atoms with E-state index < -0.39 is 36.2 Å². The zero-order chi connectivity index (χ0) is 12.6. The van der Waals surface area contributed by atoms with Gasteiger partial charge in [-0.05, 0) is 17.7 Å². The van der Waals surface area contributed by atoms with Crippen molar-refractivity contribution in [3.63, 3.8) is 0 Å². The standard InChI is InChI=1S/C10H8F3NO3/c11-6-3-5(1-2-7(6)15)8-10(12,13)4-17-9(16)14-8/h1-3,8,15H,4H2,(H,14,16)/t8-/m1/s1. The number of amides is 1. The van der Waals surface area contributed by atoms with Gasteiger partial charge in [-0.1, -0.05) is 6.07 Å². The van der Waals surface area contributed by atoms with E-state index in [1.165, 1.54) is 0 Å². The highest BCUT2D eigenvalue weighted by molar-refractivity contribution is 5.69. The van der Waals surface area contributed by atoms with Gasteiger partial charge in [0.1, 0.15) is 6.04 Å². The summed E-state index contributed by atoms with van der Waals surface area (Å²) in [6.45, 7) is -1.06. The average Bonchev–Trinajstić information content (AvgIpc) is 2.26. The number of phenolic OH excluding ortho intramolecular Hbond substituents is 1. The van der Waals surface area contributed by atoms with Crippen molar-refractivity contribution in [2.24, 2.45) is 0 Å². The van der Waals surface area contributed by atoms with Crippen molar-refractivity contribution in [1.82, 2.24) is 5.32 Å². The van der Waals surface area contributed by atoms with Gasteiger partial charge < -0.3 is 15.2 Å². The highest BCUT2D eigenvalue weighted by Gasteiger charge is 2.46. The van der Waals surface area contributed by atoms with Gasteiger partial charge in [0.05, 0.1) is 0 Å². The lowest BCUT2D eigenvalue weighted by Crippen LogP contribution is -2.49. The summed E-state index contributed by atoms with van der Waals surface area (Å²) in [5.41, 5.74) is -0.137. The van der Waals surface area contributed by atoms with E-state index in [1.54, 1.807) is 0 Å². The van der Waals surface area contributed by atoms with Crippen molar-refractivity contribution in [2.75, 3.05) is 6.61 Å². The molecule has 1 heterocycles. The van der Waals surface area contributed by atoms with Crippen LogP contribution in [0.1, 0.15) is 11.6 Å². The molecule has 0 aromatic heterocycles. The third-order valence-electron chi connectivity index (χ3n) is 2.39. The Morgan fingerprint density at radius 3 is 2.82 bits per heavy atom. The van der Waals surface area contributed by atoms with E-state index >= 15 is 0 Å². The summed E-state index contributed by atoms with van der Waals surface area (Å²) in [4.78, 5) is 10.9. The summed E-state index contributed by atoms with van der Waals surface area (Å²) in [5.74, 6) is -5.01. The Hall–Kier alpha value is -1.92. The van der Waals surface area contributed by atoms with Gasteiger partial charge in [0.25, 0.3) is 0 Å². The largest absolute Gasteiger partial charge is 0.505 e. The van der Waals surface area contributed by atoms with E-state index in [9.17, 15) is 18.0 Å². The van der Waals surface area contributed by atoms with Crippen LogP contribution in [0.15, 0.2) is 18.2 Å². The fraction of sp³-hybridized carbons (Fsp3) is 0.300. The van der Waals surface area contributed by atoms with Crippen molar-refractivity contribution < 1.29 is 27.8 Å². The Balaban J connectivity index is 2.36. The average molecular weight is 247 g/mol. The number of benzene rings is 1. The number of alkyl carbamates (subject to hydrolysis) is 1. The number of alkyl halides is 2. The number of cyclic esters (lactones) is 1. The number of aromatic hydroxyl groups is 1. The van der Waals surface area contributed by atoms with E-state index in [4.69, 9.17) is 5.11 Å². The summed E-state index contributed by atoms with van der Waals surface area (Å²) in [7, 11) is 0. The monoisotopic (exact) mass is 247 g/mol. The van der Waals surface area contributed by atoms with Gasteiger partial charge in [-0.15, -0.1) is 0 Å². The molecule has 0 saturated carbocycles. The number of nitrogens with one attached hydrogen (secondary N) is 1. The highest BCUT2D eigenvalue weighted by Crippen LogP contribution is 2.35. The molecule has 92 valence electrons. The molecule has 1 aromatic rings. The van der Waals surface area contributed by atoms with Crippen molar-refractivity contribution in [2.45, 2.75) is 12.0 Å². The van der Waals surface area contributed by atoms with Crippen LogP contribution in [0.3, 0.4) is 0 Å². The van der Waals surface area contributed by atoms with Gasteiger partial charge in [0.15, 0.2) is 18.2 Å². The van der Waals surface area contributed by atoms with Crippen LogP contribution in [0.5, 0.6) is 5.75 Å². The maximum atomic E-state index is 13.4. The van der Waals surface area contributed by atoms with Crippen molar-refractivity contribution in [3.8, 4) is 5.75 Å². The zero-order valence-electron chi connectivity index (χ0n) is 8.41. The van der Waals surface area contributed by atoms with E-state index in [-0.39, 0.29) is 5.56 Å². The number of hydrogen-bond acceptors (Lipinski definition) is 3. The predicted molar refractivity (Wildman–Crippen MR) is 50.2 cm³/mol. The number of hydrogen-bond donors (Lipinski definition) is 2. The molecular weight excluding hydrogens is 239 g/mol. The number of carbonyl (C=O) groups is 1. The SMILES string of the molecule is O=C1N[C@H](c2ccc(O)c(F)c2)C(F)(F)CO1. The first-order valence-corrected chi connectivity index (χ1v) is 4.70. The molecule has 1 aliphatic heterocycles. The maximum absolute atomic E-state index is 13.4. The number of ether oxygens (including phenoxy) is 1. The lowest BCUT2D eigenvalue weighted by atomic mass is 10.00. The third kappa shape index (κ3) is 2.13. The summed E-state index contributed by atoms with van der Waals surface area (Å²) < 4.78 is 44.1. The molecule has 17 heavy (non-hydrogen) atoms. The van der Waals surface area contributed by atoms with Crippen LogP contribution in [0.4, 0.5) is 18.0 Å². The van der Waals surface area contributed by atoms with E-state index in [1.807, 2.05) is 5.32 Å². The smallest absolute Gasteiger partial charge is 0.408 e. The van der Waals surface area contributed by atoms with Crippen molar-refractivity contribution in [1.29, 1.82) is 0 Å². The fourth-order valence-electron chi connectivity index (χ4n) is 1.54. The molecule has 2 rings (SSSR count). The molecule has 0 aliphatic carbocycles. The molecule has 1 saturated heterocycles. The first-order chi connectivity index (χ1) is 7.90. The van der Waals surface area contributed by atoms with Crippen molar-refractivity contribution in [3.05, 3.63) is 29.6 Å². The van der Waals surface area contributed by atoms with Gasteiger partial charge in [0.2, 0.25) is 0 Å². The van der Waals surface area contributed by atoms with Crippen LogP contribution in [-0.4, -0.2) is 23.7 Å². The Kier molecular flexibility index (Phi) is 2.60. The summed E-state index contributed by atoms with van der Waals surface area (Å²) in [5, 5.41) is 10.9. The minimum Gasteiger partial charge on any atom is -0.505 e. The molecule has 0 spiro atoms. The minimum absolute atomic E-state index is 0.137. The zero-order valence-corrected chi connectivity index (χ0v) is 8.41. The Labute approximate surface area is 94.0 Å². The molecule has 4 nitrogen and oxygen atoms in total. The van der Waals surface area contributed by atoms with E-state index in [0.717, 1.165) is 18.2 Å². The molecule has 0 radical (unpaired) electrons. The molecule has 7 heteroatoms. The lowest BCUT2D eigenvalue weighted by molar-refractivity contribution is -0.104. The van der Waals surface area contributed by atoms with E-state index in [2.05, 4.69) is 4.74 Å². The predicted octanol–water partition coefficient (Wildman–Crippen LogP) is 1.95. The molecule has 1 aromatic carbocycles. The van der Waals surface area contributed by atoms with Gasteiger partial charge in [0, 0.05) is 0 Å². The number of carbonyl (C=O) groups excluding carboxylic acids is 1. The second-order valence-electron chi connectivity index (χ2n) is 3.63. The number of halogens is 3. The maximum Gasteiger partial charge on any atom is 0.408 e. The van der Waals surface area contributed by atoms with Crippen LogP contribution in [-0.2, 0) is 4.74 Å². The number of phenols is 1. The Morgan fingerprint density at radius 2 is 2.18 bits per heavy atom. The highest BCUT2D eigenvalue weighted by atomic mass is 19.3. The van der Waals surface area contributed by atoms with Gasteiger partial charge in [-0.2, -0.15) is 0 Å². The Morgan fingerprint density at radius 1 is 1.47 bits per heavy atom. The summed E-state index contributed by atoms with van der Waals surface area (Å²) in [6.07, 6.45) is -0.991. The van der Waals surface area contributed by atoms with Crippen LogP contribution in [0, 0.1) is 5.82 Å². The van der Waals surface area contributed by atoms with Gasteiger partial charge >= 0.3 is 12.0 Å². The topological polar surface area (TPSA) is 58.6 Å². The molecule has 1 aliphatic rings. The third-order valence-corrected chi connectivity index (χ3v) is 2.39. The second kappa shape index (κ2) is 3.83. The molecule has 0 unspecified atom stereocenters. The summed E-state index contributed by atoms with van der Waals surface area (Å²) in [6, 6.07) is 1.14. The summed E-state index contributed by atoms with van der Waals surface area (Å²) >= 11 is 0. The normalized spacial score (nSPS) is 22.8. The Bertz CT molecular complexity index is 464. The molecule has 2 N–H and O–H groups in total. The molecule has 0 bridgehead atoms.